The Morgan fingerprint density at radius 1 is 0.882 bits per heavy atom. The Morgan fingerprint density at radius 2 is 1.35 bits per heavy atom. The zero-order valence-corrected chi connectivity index (χ0v) is 19.8. The highest BCUT2D eigenvalue weighted by molar-refractivity contribution is 7.87. The maximum absolute atomic E-state index is 12.6. The lowest BCUT2D eigenvalue weighted by molar-refractivity contribution is -0.557. The van der Waals surface area contributed by atoms with E-state index in [9.17, 15) is 39.6 Å². The van der Waals surface area contributed by atoms with Gasteiger partial charge in [0.05, 0.1) is 0 Å². The second-order valence-corrected chi connectivity index (χ2v) is 10.9. The van der Waals surface area contributed by atoms with Gasteiger partial charge in [0.15, 0.2) is 15.9 Å². The summed E-state index contributed by atoms with van der Waals surface area (Å²) in [4.78, 5) is 11.2. The van der Waals surface area contributed by atoms with Gasteiger partial charge in [-0.05, 0) is 12.1 Å². The first-order valence-electron chi connectivity index (χ1n) is 8.11. The third kappa shape index (κ3) is 8.76. The molecule has 0 saturated heterocycles. The van der Waals surface area contributed by atoms with Crippen molar-refractivity contribution in [1.29, 1.82) is 0 Å². The van der Waals surface area contributed by atoms with E-state index in [-0.39, 0.29) is 11.1 Å². The summed E-state index contributed by atoms with van der Waals surface area (Å²) in [5.74, 6) is -1.67. The van der Waals surface area contributed by atoms with Gasteiger partial charge in [0.25, 0.3) is 0 Å². The van der Waals surface area contributed by atoms with Crippen LogP contribution in [0.25, 0.3) is 5.76 Å². The molecule has 0 atom stereocenters. The molecular weight excluding hydrogens is 637 g/mol. The van der Waals surface area contributed by atoms with Crippen LogP contribution in [0.5, 0.6) is 0 Å². The standard InChI is InChI=1S/C16H10F3IO5S.CHF3O3S/c17-16(18,19)26(23,24)25-14(11-6-2-1-3-7-11)10-20-13-9-5-4-8-12(13)15(21)22;2-1(3,4)8(5,6)7/h1-10H;(H,5,6,7)/b14-10+;. The molecule has 0 heterocycles. The zero-order valence-electron chi connectivity index (χ0n) is 16.0. The Labute approximate surface area is 199 Å². The number of hydrogen-bond acceptors (Lipinski definition) is 7. The molecule has 0 aromatic heterocycles. The lowest BCUT2D eigenvalue weighted by atomic mass is 10.2. The molecule has 1 N–H and O–H groups in total. The molecule has 0 spiro atoms. The van der Waals surface area contributed by atoms with Crippen LogP contribution in [0.15, 0.2) is 58.7 Å². The molecule has 2 aromatic carbocycles. The van der Waals surface area contributed by atoms with Gasteiger partial charge in [-0.3, -0.25) is 0 Å². The molecule has 17 heteroatoms. The Kier molecular flexibility index (Phi) is 9.91. The number of aromatic carboxylic acids is 1. The fraction of sp³-hybridized carbons (Fsp3) is 0.118. The van der Waals surface area contributed by atoms with E-state index in [0.29, 0.717) is 3.57 Å². The van der Waals surface area contributed by atoms with Crippen LogP contribution in [-0.2, 0) is 24.4 Å². The summed E-state index contributed by atoms with van der Waals surface area (Å²) in [7, 11) is -11.9. The Hall–Kier alpha value is -2.38. The predicted octanol–water partition coefficient (Wildman–Crippen LogP) is 0.560. The maximum atomic E-state index is 12.6. The van der Waals surface area contributed by atoms with Gasteiger partial charge in [0.1, 0.15) is 5.56 Å². The van der Waals surface area contributed by atoms with E-state index >= 15 is 0 Å². The highest BCUT2D eigenvalue weighted by Gasteiger charge is 2.49. The third-order valence-corrected chi connectivity index (χ3v) is 7.22. The lowest BCUT2D eigenvalue weighted by Crippen LogP contribution is -3.59. The first kappa shape index (κ1) is 29.7. The molecule has 0 aliphatic rings. The van der Waals surface area contributed by atoms with Crippen molar-refractivity contribution in [3.63, 3.8) is 0 Å². The van der Waals surface area contributed by atoms with Crippen molar-refractivity contribution in [3.8, 4) is 0 Å². The Bertz CT molecular complexity index is 1240. The van der Waals surface area contributed by atoms with Gasteiger partial charge in [-0.2, -0.15) is 34.8 Å². The average Bonchev–Trinajstić information content (AvgIpc) is 2.70. The molecule has 188 valence electrons. The molecule has 8 nitrogen and oxygen atoms in total. The molecule has 34 heavy (non-hydrogen) atoms. The first-order valence-corrected chi connectivity index (χ1v) is 13.2. The Morgan fingerprint density at radius 3 is 1.79 bits per heavy atom. The number of carbonyl (C=O) groups is 1. The monoisotopic (exact) mass is 648 g/mol. The molecule has 0 amide bonds. The minimum atomic E-state index is -6.09. The van der Waals surface area contributed by atoms with E-state index in [4.69, 9.17) is 18.1 Å². The summed E-state index contributed by atoms with van der Waals surface area (Å²) in [6.07, 6.45) is 0. The molecule has 0 aliphatic heterocycles. The van der Waals surface area contributed by atoms with E-state index in [1.54, 1.807) is 12.1 Å². The van der Waals surface area contributed by atoms with Crippen LogP contribution < -0.4 is 21.2 Å². The van der Waals surface area contributed by atoms with E-state index < -0.39 is 64.2 Å². The van der Waals surface area contributed by atoms with E-state index in [0.717, 1.165) is 0 Å². The number of rotatable bonds is 6. The van der Waals surface area contributed by atoms with Crippen LogP contribution in [0, 0.1) is 3.57 Å². The Balaban J connectivity index is 0.000000620. The fourth-order valence-corrected chi connectivity index (χ4v) is 4.65. The van der Waals surface area contributed by atoms with Gasteiger partial charge < -0.3 is 13.8 Å². The van der Waals surface area contributed by atoms with Crippen molar-refractivity contribution in [2.75, 3.05) is 0 Å². The zero-order chi connectivity index (χ0) is 26.4. The van der Waals surface area contributed by atoms with Gasteiger partial charge in [-0.1, -0.05) is 42.5 Å². The third-order valence-electron chi connectivity index (χ3n) is 3.20. The predicted molar refractivity (Wildman–Crippen MR) is 98.3 cm³/mol. The molecule has 2 rings (SSSR count). The molecule has 0 aliphatic carbocycles. The summed E-state index contributed by atoms with van der Waals surface area (Å²) in [5, 5.41) is 9.16. The minimum absolute atomic E-state index is 0.00244. The second-order valence-electron chi connectivity index (χ2n) is 5.62. The van der Waals surface area contributed by atoms with Gasteiger partial charge >= 0.3 is 48.3 Å². The van der Waals surface area contributed by atoms with E-state index in [1.807, 2.05) is 0 Å². The molecule has 0 saturated carbocycles. The van der Waals surface area contributed by atoms with Crippen molar-refractivity contribution in [2.24, 2.45) is 0 Å². The average molecular weight is 648 g/mol. The highest BCUT2D eigenvalue weighted by atomic mass is 127. The molecule has 2 aromatic rings. The van der Waals surface area contributed by atoms with Crippen LogP contribution in [0.3, 0.4) is 0 Å². The highest BCUT2D eigenvalue weighted by Crippen LogP contribution is 2.29. The van der Waals surface area contributed by atoms with Crippen LogP contribution in [-0.4, -0.2) is 43.5 Å². The van der Waals surface area contributed by atoms with Gasteiger partial charge in [-0.15, -0.1) is 0 Å². The topological polar surface area (TPSA) is 138 Å². The number of carboxylic acids is 1. The number of halogens is 7. The molecule has 0 fully saturated rings. The summed E-state index contributed by atoms with van der Waals surface area (Å²) < 4.78 is 125. The van der Waals surface area contributed by atoms with Crippen LogP contribution in [0.1, 0.15) is 15.9 Å². The maximum Gasteiger partial charge on any atom is 0.534 e. The number of carboxylic acid groups (broad SMARTS) is 1. The largest absolute Gasteiger partial charge is 0.741 e. The molecule has 0 radical (unpaired) electrons. The summed E-state index contributed by atoms with van der Waals surface area (Å²) in [6, 6.07) is 13.4. The summed E-state index contributed by atoms with van der Waals surface area (Å²) in [5.41, 5.74) is -11.1. The molecular formula is C17H11F6IO8S2. The fourth-order valence-electron chi connectivity index (χ4n) is 1.74. The van der Waals surface area contributed by atoms with Crippen molar-refractivity contribution >= 4 is 32.0 Å². The van der Waals surface area contributed by atoms with Crippen LogP contribution >= 0.6 is 0 Å². The summed E-state index contributed by atoms with van der Waals surface area (Å²) >= 11 is -1.29. The number of benzene rings is 2. The van der Waals surface area contributed by atoms with Crippen molar-refractivity contribution in [1.82, 2.24) is 0 Å². The van der Waals surface area contributed by atoms with E-state index in [1.165, 1.54) is 46.5 Å². The van der Waals surface area contributed by atoms with Crippen molar-refractivity contribution < 1.29 is 83.0 Å². The normalized spacial score (nSPS) is 13.0. The SMILES string of the molecule is O=C(O)c1ccccc1[I+]/C=C(/OS(=O)(=O)C(F)(F)F)c1ccccc1.O=S(=O)([O-])C(F)(F)F. The lowest BCUT2D eigenvalue weighted by Gasteiger charge is -2.10. The quantitative estimate of drug-likeness (QED) is 0.120. The van der Waals surface area contributed by atoms with Gasteiger partial charge in [-0.25, -0.2) is 13.2 Å². The van der Waals surface area contributed by atoms with Crippen LogP contribution in [0.2, 0.25) is 0 Å². The van der Waals surface area contributed by atoms with Crippen LogP contribution in [0.4, 0.5) is 26.3 Å². The number of alkyl halides is 6. The van der Waals surface area contributed by atoms with Gasteiger partial charge in [0.2, 0.25) is 7.65 Å². The molecule has 0 unspecified atom stereocenters. The number of hydrogen-bond donors (Lipinski definition) is 1. The minimum Gasteiger partial charge on any atom is -0.741 e. The first-order chi connectivity index (χ1) is 15.4. The van der Waals surface area contributed by atoms with Crippen molar-refractivity contribution in [3.05, 3.63) is 73.4 Å². The second kappa shape index (κ2) is 11.4. The smallest absolute Gasteiger partial charge is 0.534 e. The van der Waals surface area contributed by atoms with E-state index in [2.05, 4.69) is 4.18 Å². The molecule has 0 bridgehead atoms. The van der Waals surface area contributed by atoms with Crippen molar-refractivity contribution in [2.45, 2.75) is 11.0 Å². The summed E-state index contributed by atoms with van der Waals surface area (Å²) in [6.45, 7) is 0. The van der Waals surface area contributed by atoms with Gasteiger partial charge in [0, 0.05) is 5.56 Å².